The number of rotatable bonds is 2. The fraction of sp³-hybridized carbons (Fsp3) is 0. The molecule has 6 heteroatoms. The van der Waals surface area contributed by atoms with E-state index in [9.17, 15) is 4.39 Å². The van der Waals surface area contributed by atoms with Crippen molar-refractivity contribution in [3.63, 3.8) is 0 Å². The topological polar surface area (TPSA) is 50.9 Å². The van der Waals surface area contributed by atoms with Crippen LogP contribution in [0.2, 0.25) is 5.02 Å². The predicted molar refractivity (Wildman–Crippen MR) is 71.0 cm³/mol. The molecule has 1 aromatic carbocycles. The average Bonchev–Trinajstić information content (AvgIpc) is 2.27. The Hall–Kier alpha value is -1.33. The molecule has 0 fully saturated rings. The molecular formula is C11H8BrClFN3. The van der Waals surface area contributed by atoms with Crippen molar-refractivity contribution in [2.24, 2.45) is 0 Å². The lowest BCUT2D eigenvalue weighted by Crippen LogP contribution is -1.99. The highest BCUT2D eigenvalue weighted by atomic mass is 79.9. The van der Waals surface area contributed by atoms with E-state index in [1.54, 1.807) is 18.3 Å². The third-order valence-corrected chi connectivity index (χ3v) is 2.81. The van der Waals surface area contributed by atoms with Crippen molar-refractivity contribution >= 4 is 44.7 Å². The van der Waals surface area contributed by atoms with Crippen molar-refractivity contribution in [1.82, 2.24) is 4.98 Å². The van der Waals surface area contributed by atoms with Crippen LogP contribution in [0.25, 0.3) is 0 Å². The molecule has 0 aliphatic carbocycles. The molecule has 88 valence electrons. The second-order valence-electron chi connectivity index (χ2n) is 3.35. The first kappa shape index (κ1) is 12.1. The lowest BCUT2D eigenvalue weighted by atomic mass is 10.3. The van der Waals surface area contributed by atoms with Crippen LogP contribution in [-0.2, 0) is 0 Å². The van der Waals surface area contributed by atoms with Crippen molar-refractivity contribution in [2.75, 3.05) is 11.1 Å². The van der Waals surface area contributed by atoms with Gasteiger partial charge in [0.25, 0.3) is 0 Å². The largest absolute Gasteiger partial charge is 0.396 e. The number of halogens is 3. The smallest absolute Gasteiger partial charge is 0.153 e. The Morgan fingerprint density at radius 2 is 2.12 bits per heavy atom. The van der Waals surface area contributed by atoms with Gasteiger partial charge in [-0.25, -0.2) is 9.37 Å². The van der Waals surface area contributed by atoms with Gasteiger partial charge in [-0.2, -0.15) is 0 Å². The van der Waals surface area contributed by atoms with E-state index in [0.717, 1.165) is 4.47 Å². The molecule has 0 bridgehead atoms. The number of nitrogens with one attached hydrogen (secondary N) is 1. The van der Waals surface area contributed by atoms with E-state index in [-0.39, 0.29) is 5.02 Å². The number of nitrogens with two attached hydrogens (primary N) is 1. The lowest BCUT2D eigenvalue weighted by Gasteiger charge is -2.08. The van der Waals surface area contributed by atoms with Crippen LogP contribution in [0.15, 0.2) is 34.9 Å². The van der Waals surface area contributed by atoms with E-state index < -0.39 is 5.82 Å². The van der Waals surface area contributed by atoms with E-state index in [1.807, 2.05) is 0 Å². The minimum absolute atomic E-state index is 0.0762. The average molecular weight is 317 g/mol. The Morgan fingerprint density at radius 3 is 2.76 bits per heavy atom. The minimum atomic E-state index is -0.493. The predicted octanol–water partition coefficient (Wildman–Crippen LogP) is 3.96. The first-order valence-electron chi connectivity index (χ1n) is 4.69. The Bertz CT molecular complexity index is 562. The van der Waals surface area contributed by atoms with Gasteiger partial charge in [-0.05, 0) is 40.2 Å². The van der Waals surface area contributed by atoms with Crippen LogP contribution in [0.3, 0.4) is 0 Å². The Kier molecular flexibility index (Phi) is 3.49. The summed E-state index contributed by atoms with van der Waals surface area (Å²) >= 11 is 8.84. The van der Waals surface area contributed by atoms with Gasteiger partial charge in [0.05, 0.1) is 10.7 Å². The lowest BCUT2D eigenvalue weighted by molar-refractivity contribution is 0.629. The van der Waals surface area contributed by atoms with Crippen LogP contribution in [-0.4, -0.2) is 4.98 Å². The maximum absolute atomic E-state index is 13.2. The summed E-state index contributed by atoms with van der Waals surface area (Å²) in [5, 5.41) is 2.99. The van der Waals surface area contributed by atoms with E-state index in [0.29, 0.717) is 17.2 Å². The SMILES string of the molecule is Nc1cc(Br)cnc1Nc1ccc(Cl)c(F)c1. The maximum Gasteiger partial charge on any atom is 0.153 e. The van der Waals surface area contributed by atoms with Gasteiger partial charge in [-0.1, -0.05) is 11.6 Å². The summed E-state index contributed by atoms with van der Waals surface area (Å²) in [5.41, 5.74) is 6.77. The molecule has 1 aromatic heterocycles. The van der Waals surface area contributed by atoms with Gasteiger partial charge in [0.2, 0.25) is 0 Å². The number of nitrogen functional groups attached to an aromatic ring is 1. The number of nitrogens with zero attached hydrogens (tertiary/aromatic N) is 1. The quantitative estimate of drug-likeness (QED) is 0.881. The Morgan fingerprint density at radius 1 is 1.35 bits per heavy atom. The first-order chi connectivity index (χ1) is 8.06. The van der Waals surface area contributed by atoms with Crippen molar-refractivity contribution in [2.45, 2.75) is 0 Å². The number of aromatic nitrogens is 1. The van der Waals surface area contributed by atoms with E-state index in [1.165, 1.54) is 12.1 Å². The molecule has 0 amide bonds. The molecule has 3 N–H and O–H groups in total. The normalized spacial score (nSPS) is 10.3. The molecule has 2 rings (SSSR count). The zero-order valence-electron chi connectivity index (χ0n) is 8.55. The van der Waals surface area contributed by atoms with E-state index in [4.69, 9.17) is 17.3 Å². The highest BCUT2D eigenvalue weighted by Gasteiger charge is 2.04. The molecule has 0 saturated heterocycles. The summed E-state index contributed by atoms with van der Waals surface area (Å²) in [6.07, 6.45) is 1.60. The van der Waals surface area contributed by atoms with Gasteiger partial charge in [-0.3, -0.25) is 0 Å². The Balaban J connectivity index is 2.28. The third-order valence-electron chi connectivity index (χ3n) is 2.07. The van der Waals surface area contributed by atoms with Crippen LogP contribution in [0.5, 0.6) is 0 Å². The number of benzene rings is 1. The summed E-state index contributed by atoms with van der Waals surface area (Å²) in [6.45, 7) is 0. The summed E-state index contributed by atoms with van der Waals surface area (Å²) in [5.74, 6) is -0.0257. The highest BCUT2D eigenvalue weighted by Crippen LogP contribution is 2.25. The zero-order chi connectivity index (χ0) is 12.4. The third kappa shape index (κ3) is 2.87. The van der Waals surface area contributed by atoms with Crippen molar-refractivity contribution in [3.8, 4) is 0 Å². The second kappa shape index (κ2) is 4.89. The molecule has 17 heavy (non-hydrogen) atoms. The van der Waals surface area contributed by atoms with Crippen LogP contribution >= 0.6 is 27.5 Å². The second-order valence-corrected chi connectivity index (χ2v) is 4.67. The minimum Gasteiger partial charge on any atom is -0.396 e. The van der Waals surface area contributed by atoms with Gasteiger partial charge in [0.15, 0.2) is 5.82 Å². The number of anilines is 3. The first-order valence-corrected chi connectivity index (χ1v) is 5.86. The van der Waals surface area contributed by atoms with Crippen LogP contribution in [0, 0.1) is 5.82 Å². The Labute approximate surface area is 111 Å². The highest BCUT2D eigenvalue weighted by molar-refractivity contribution is 9.10. The molecule has 0 aliphatic rings. The van der Waals surface area contributed by atoms with Gasteiger partial charge in [-0.15, -0.1) is 0 Å². The number of pyridine rings is 1. The summed E-state index contributed by atoms with van der Waals surface area (Å²) in [7, 11) is 0. The molecule has 0 radical (unpaired) electrons. The zero-order valence-corrected chi connectivity index (χ0v) is 10.9. The van der Waals surface area contributed by atoms with Gasteiger partial charge >= 0.3 is 0 Å². The van der Waals surface area contributed by atoms with Gasteiger partial charge < -0.3 is 11.1 Å². The number of hydrogen-bond donors (Lipinski definition) is 2. The van der Waals surface area contributed by atoms with Crippen LogP contribution < -0.4 is 11.1 Å². The van der Waals surface area contributed by atoms with Crippen LogP contribution in [0.4, 0.5) is 21.6 Å². The van der Waals surface area contributed by atoms with E-state index in [2.05, 4.69) is 26.2 Å². The standard InChI is InChI=1S/C11H8BrClFN3/c12-6-3-10(15)11(16-5-6)17-7-1-2-8(13)9(14)4-7/h1-5H,15H2,(H,16,17). The van der Waals surface area contributed by atoms with Gasteiger partial charge in [0.1, 0.15) is 5.82 Å². The summed E-state index contributed by atoms with van der Waals surface area (Å²) in [6, 6.07) is 6.11. The summed E-state index contributed by atoms with van der Waals surface area (Å²) in [4.78, 5) is 4.09. The monoisotopic (exact) mass is 315 g/mol. The fourth-order valence-corrected chi connectivity index (χ4v) is 1.74. The molecular weight excluding hydrogens is 308 g/mol. The fourth-order valence-electron chi connectivity index (χ4n) is 1.27. The molecule has 2 aromatic rings. The van der Waals surface area contributed by atoms with Crippen LogP contribution in [0.1, 0.15) is 0 Å². The van der Waals surface area contributed by atoms with Crippen molar-refractivity contribution in [3.05, 3.63) is 45.8 Å². The molecule has 0 saturated carbocycles. The molecule has 0 unspecified atom stereocenters. The maximum atomic E-state index is 13.2. The molecule has 0 atom stereocenters. The molecule has 0 aliphatic heterocycles. The molecule has 0 spiro atoms. The molecule has 1 heterocycles. The summed E-state index contributed by atoms with van der Waals surface area (Å²) < 4.78 is 14.0. The number of hydrogen-bond acceptors (Lipinski definition) is 3. The van der Waals surface area contributed by atoms with E-state index >= 15 is 0 Å². The van der Waals surface area contributed by atoms with Gasteiger partial charge in [0, 0.05) is 16.4 Å². The van der Waals surface area contributed by atoms with Crippen molar-refractivity contribution in [1.29, 1.82) is 0 Å². The van der Waals surface area contributed by atoms with Crippen molar-refractivity contribution < 1.29 is 4.39 Å². The molecule has 3 nitrogen and oxygen atoms in total.